The lowest BCUT2D eigenvalue weighted by molar-refractivity contribution is -0.0651. The number of ether oxygens (including phenoxy) is 1. The van der Waals surface area contributed by atoms with Crippen LogP contribution >= 0.6 is 0 Å². The number of carbonyl (C=O) groups excluding carboxylic acids is 1. The van der Waals surface area contributed by atoms with Crippen molar-refractivity contribution < 1.29 is 14.1 Å². The molecule has 3 heterocycles. The maximum absolute atomic E-state index is 13.3. The molecule has 2 aromatic rings. The standard InChI is InChI=1S/C22H29N3O3/c1-4-27-20-9-6-5-8-18(20)21(26)24-12-7-10-22(15-24)11-13-25(22)14-19-16(2)23-28-17(19)3/h5-6,8-9H,4,7,10-15H2,1-3H3/t22-/m0/s1. The van der Waals surface area contributed by atoms with Crippen LogP contribution in [0.25, 0.3) is 0 Å². The van der Waals surface area contributed by atoms with E-state index in [9.17, 15) is 4.79 Å². The summed E-state index contributed by atoms with van der Waals surface area (Å²) in [5.41, 5.74) is 2.89. The van der Waals surface area contributed by atoms with Crippen LogP contribution in [0, 0.1) is 13.8 Å². The number of hydrogen-bond acceptors (Lipinski definition) is 5. The minimum absolute atomic E-state index is 0.0740. The van der Waals surface area contributed by atoms with Crippen molar-refractivity contribution in [2.45, 2.75) is 52.1 Å². The highest BCUT2D eigenvalue weighted by Gasteiger charge is 2.48. The molecule has 2 fully saturated rings. The maximum atomic E-state index is 13.3. The Bertz CT molecular complexity index is 843. The maximum Gasteiger partial charge on any atom is 0.257 e. The molecule has 2 saturated heterocycles. The number of likely N-dealkylation sites (tertiary alicyclic amines) is 2. The SMILES string of the molecule is CCOc1ccccc1C(=O)N1CCC[C@]2(CCN2Cc2c(C)noc2C)C1. The van der Waals surface area contributed by atoms with Crippen molar-refractivity contribution in [3.8, 4) is 5.75 Å². The van der Waals surface area contributed by atoms with Crippen LogP contribution in [0.1, 0.15) is 53.6 Å². The second-order valence-electron chi connectivity index (χ2n) is 7.96. The molecule has 1 spiro atoms. The number of piperidine rings is 1. The molecule has 1 aromatic heterocycles. The van der Waals surface area contributed by atoms with Gasteiger partial charge in [0.15, 0.2) is 0 Å². The average Bonchev–Trinajstić information content (AvgIpc) is 3.03. The molecule has 0 radical (unpaired) electrons. The van der Waals surface area contributed by atoms with Crippen LogP contribution in [-0.4, -0.2) is 52.6 Å². The molecule has 0 bridgehead atoms. The summed E-state index contributed by atoms with van der Waals surface area (Å²) in [6.07, 6.45) is 3.29. The molecule has 4 rings (SSSR count). The Morgan fingerprint density at radius 1 is 1.25 bits per heavy atom. The van der Waals surface area contributed by atoms with Crippen molar-refractivity contribution in [3.05, 3.63) is 46.8 Å². The predicted molar refractivity (Wildman–Crippen MR) is 106 cm³/mol. The monoisotopic (exact) mass is 383 g/mol. The van der Waals surface area contributed by atoms with Crippen LogP contribution in [0.5, 0.6) is 5.75 Å². The largest absolute Gasteiger partial charge is 0.493 e. The summed E-state index contributed by atoms with van der Waals surface area (Å²) in [4.78, 5) is 17.8. The van der Waals surface area contributed by atoms with E-state index in [1.54, 1.807) is 0 Å². The fourth-order valence-electron chi connectivity index (χ4n) is 4.59. The van der Waals surface area contributed by atoms with Gasteiger partial charge >= 0.3 is 0 Å². The van der Waals surface area contributed by atoms with Gasteiger partial charge in [0.1, 0.15) is 11.5 Å². The smallest absolute Gasteiger partial charge is 0.257 e. The Morgan fingerprint density at radius 3 is 2.75 bits per heavy atom. The molecular formula is C22H29N3O3. The summed E-state index contributed by atoms with van der Waals surface area (Å²) >= 11 is 0. The fourth-order valence-corrected chi connectivity index (χ4v) is 4.59. The van der Waals surface area contributed by atoms with Gasteiger partial charge in [-0.15, -0.1) is 0 Å². The molecule has 0 unspecified atom stereocenters. The summed E-state index contributed by atoms with van der Waals surface area (Å²) < 4.78 is 11.0. The summed E-state index contributed by atoms with van der Waals surface area (Å²) in [6.45, 7) is 9.95. The third kappa shape index (κ3) is 3.30. The quantitative estimate of drug-likeness (QED) is 0.790. The van der Waals surface area contributed by atoms with Gasteiger partial charge in [-0.3, -0.25) is 9.69 Å². The van der Waals surface area contributed by atoms with Crippen LogP contribution in [0.4, 0.5) is 0 Å². The number of aromatic nitrogens is 1. The number of amides is 1. The normalized spacial score (nSPS) is 22.3. The Hall–Kier alpha value is -2.34. The van der Waals surface area contributed by atoms with Crippen LogP contribution in [0.3, 0.4) is 0 Å². The number of hydrogen-bond donors (Lipinski definition) is 0. The van der Waals surface area contributed by atoms with Gasteiger partial charge in [0.05, 0.1) is 17.9 Å². The highest BCUT2D eigenvalue weighted by molar-refractivity contribution is 5.97. The summed E-state index contributed by atoms with van der Waals surface area (Å²) in [7, 11) is 0. The van der Waals surface area contributed by atoms with Crippen LogP contribution in [-0.2, 0) is 6.54 Å². The van der Waals surface area contributed by atoms with E-state index < -0.39 is 0 Å². The summed E-state index contributed by atoms with van der Waals surface area (Å²) in [6, 6.07) is 7.57. The Morgan fingerprint density at radius 2 is 2.07 bits per heavy atom. The van der Waals surface area contributed by atoms with Crippen molar-refractivity contribution in [1.29, 1.82) is 0 Å². The number of carbonyl (C=O) groups is 1. The van der Waals surface area contributed by atoms with Gasteiger partial charge in [-0.25, -0.2) is 0 Å². The van der Waals surface area contributed by atoms with Crippen molar-refractivity contribution in [2.24, 2.45) is 0 Å². The minimum Gasteiger partial charge on any atom is -0.493 e. The lowest BCUT2D eigenvalue weighted by atomic mass is 9.77. The van der Waals surface area contributed by atoms with E-state index in [4.69, 9.17) is 9.26 Å². The number of nitrogens with zero attached hydrogens (tertiary/aromatic N) is 3. The molecule has 0 saturated carbocycles. The first-order valence-corrected chi connectivity index (χ1v) is 10.2. The van der Waals surface area contributed by atoms with E-state index in [1.165, 1.54) is 5.56 Å². The minimum atomic E-state index is 0.0740. The Labute approximate surface area is 166 Å². The predicted octanol–water partition coefficient (Wildman–Crippen LogP) is 3.57. The van der Waals surface area contributed by atoms with Crippen LogP contribution < -0.4 is 4.74 Å². The molecule has 0 aliphatic carbocycles. The first kappa shape index (κ1) is 19.0. The van der Waals surface area contributed by atoms with Gasteiger partial charge in [-0.1, -0.05) is 17.3 Å². The van der Waals surface area contributed by atoms with E-state index in [2.05, 4.69) is 10.1 Å². The summed E-state index contributed by atoms with van der Waals surface area (Å²) in [5, 5.41) is 4.09. The zero-order valence-corrected chi connectivity index (χ0v) is 17.0. The second-order valence-corrected chi connectivity index (χ2v) is 7.96. The molecule has 6 heteroatoms. The van der Waals surface area contributed by atoms with Crippen LogP contribution in [0.2, 0.25) is 0 Å². The van der Waals surface area contributed by atoms with Gasteiger partial charge in [0, 0.05) is 37.3 Å². The zero-order valence-electron chi connectivity index (χ0n) is 17.0. The highest BCUT2D eigenvalue weighted by Crippen LogP contribution is 2.40. The third-order valence-electron chi connectivity index (χ3n) is 6.31. The fraction of sp³-hybridized carbons (Fsp3) is 0.545. The first-order valence-electron chi connectivity index (χ1n) is 10.2. The van der Waals surface area contributed by atoms with Gasteiger partial charge in [-0.05, 0) is 52.2 Å². The van der Waals surface area contributed by atoms with Gasteiger partial charge in [-0.2, -0.15) is 0 Å². The zero-order chi connectivity index (χ0) is 19.7. The second kappa shape index (κ2) is 7.59. The molecule has 1 amide bonds. The van der Waals surface area contributed by atoms with Crippen molar-refractivity contribution in [2.75, 3.05) is 26.2 Å². The number of benzene rings is 1. The van der Waals surface area contributed by atoms with E-state index in [-0.39, 0.29) is 11.4 Å². The van der Waals surface area contributed by atoms with E-state index in [0.717, 1.165) is 56.9 Å². The molecule has 150 valence electrons. The first-order chi connectivity index (χ1) is 13.5. The van der Waals surface area contributed by atoms with Crippen molar-refractivity contribution in [1.82, 2.24) is 15.0 Å². The summed E-state index contributed by atoms with van der Waals surface area (Å²) in [5.74, 6) is 1.65. The van der Waals surface area contributed by atoms with Gasteiger partial charge in [0.2, 0.25) is 0 Å². The van der Waals surface area contributed by atoms with E-state index >= 15 is 0 Å². The molecule has 28 heavy (non-hydrogen) atoms. The molecule has 2 aliphatic rings. The molecule has 1 atom stereocenters. The highest BCUT2D eigenvalue weighted by atomic mass is 16.5. The molecule has 0 N–H and O–H groups in total. The lowest BCUT2D eigenvalue weighted by Gasteiger charge is -2.57. The van der Waals surface area contributed by atoms with Crippen molar-refractivity contribution in [3.63, 3.8) is 0 Å². The molecule has 2 aliphatic heterocycles. The Kier molecular flexibility index (Phi) is 5.15. The molecule has 1 aromatic carbocycles. The number of rotatable bonds is 5. The van der Waals surface area contributed by atoms with Crippen LogP contribution in [0.15, 0.2) is 28.8 Å². The molecular weight excluding hydrogens is 354 g/mol. The lowest BCUT2D eigenvalue weighted by Crippen LogP contribution is -2.67. The van der Waals surface area contributed by atoms with Crippen molar-refractivity contribution >= 4 is 5.91 Å². The molecule has 6 nitrogen and oxygen atoms in total. The van der Waals surface area contributed by atoms with Gasteiger partial charge < -0.3 is 14.2 Å². The Balaban J connectivity index is 1.51. The number of para-hydroxylation sites is 1. The third-order valence-corrected chi connectivity index (χ3v) is 6.31. The average molecular weight is 383 g/mol. The van der Waals surface area contributed by atoms with E-state index in [0.29, 0.717) is 17.9 Å². The number of aryl methyl sites for hydroxylation is 2. The topological polar surface area (TPSA) is 58.8 Å². The van der Waals surface area contributed by atoms with E-state index in [1.807, 2.05) is 49.9 Å². The van der Waals surface area contributed by atoms with Gasteiger partial charge in [0.25, 0.3) is 5.91 Å².